The first kappa shape index (κ1) is 51.4. The molecular weight excluding hydrogens is 661 g/mol. The van der Waals surface area contributed by atoms with Crippen LogP contribution in [-0.4, -0.2) is 37.2 Å². The van der Waals surface area contributed by atoms with Gasteiger partial charge in [0.2, 0.25) is 0 Å². The lowest BCUT2D eigenvalue weighted by atomic mass is 10.0. The first-order chi connectivity index (χ1) is 25.9. The molecule has 314 valence electrons. The van der Waals surface area contributed by atoms with Gasteiger partial charge in [0, 0.05) is 19.3 Å². The van der Waals surface area contributed by atoms with Crippen molar-refractivity contribution in [2.45, 2.75) is 265 Å². The molecule has 0 saturated carbocycles. The van der Waals surface area contributed by atoms with E-state index in [1.54, 1.807) is 0 Å². The molecule has 0 rings (SSSR count). The van der Waals surface area contributed by atoms with Crippen molar-refractivity contribution < 1.29 is 28.6 Å². The van der Waals surface area contributed by atoms with Gasteiger partial charge in [-0.05, 0) is 25.2 Å². The average Bonchev–Trinajstić information content (AvgIpc) is 3.14. The lowest BCUT2D eigenvalue weighted by Gasteiger charge is -2.18. The molecule has 0 aliphatic heterocycles. The second kappa shape index (κ2) is 41.6. The highest BCUT2D eigenvalue weighted by Gasteiger charge is 2.19. The summed E-state index contributed by atoms with van der Waals surface area (Å²) in [6.07, 6.45) is 40.9. The molecule has 0 aromatic heterocycles. The highest BCUT2D eigenvalue weighted by molar-refractivity contribution is 5.71. The molecule has 0 fully saturated rings. The Morgan fingerprint density at radius 2 is 0.623 bits per heavy atom. The minimum atomic E-state index is -0.759. The van der Waals surface area contributed by atoms with E-state index in [0.29, 0.717) is 19.3 Å². The molecule has 0 N–H and O–H groups in total. The number of carbonyl (C=O) groups excluding carboxylic acids is 3. The van der Waals surface area contributed by atoms with E-state index < -0.39 is 6.10 Å². The van der Waals surface area contributed by atoms with Crippen molar-refractivity contribution in [3.05, 3.63) is 0 Å². The van der Waals surface area contributed by atoms with Crippen molar-refractivity contribution in [2.75, 3.05) is 13.2 Å². The van der Waals surface area contributed by atoms with Crippen molar-refractivity contribution in [3.8, 4) is 0 Å². The van der Waals surface area contributed by atoms with E-state index in [-0.39, 0.29) is 31.1 Å². The summed E-state index contributed by atoms with van der Waals surface area (Å²) in [6, 6.07) is 0. The number of hydrogen-bond donors (Lipinski definition) is 0. The van der Waals surface area contributed by atoms with Gasteiger partial charge in [-0.15, -0.1) is 0 Å². The van der Waals surface area contributed by atoms with Crippen LogP contribution in [-0.2, 0) is 28.6 Å². The predicted octanol–water partition coefficient (Wildman–Crippen LogP) is 14.7. The van der Waals surface area contributed by atoms with E-state index in [4.69, 9.17) is 14.2 Å². The molecule has 0 saturated heterocycles. The molecule has 53 heavy (non-hydrogen) atoms. The molecule has 0 aromatic rings. The quantitative estimate of drug-likeness (QED) is 0.0351. The molecular formula is C47H90O6. The van der Waals surface area contributed by atoms with E-state index in [1.165, 1.54) is 154 Å². The molecule has 0 unspecified atom stereocenters. The van der Waals surface area contributed by atoms with Gasteiger partial charge in [0.1, 0.15) is 13.2 Å². The summed E-state index contributed by atoms with van der Waals surface area (Å²) in [5.74, 6) is -0.0775. The second-order valence-electron chi connectivity index (χ2n) is 16.5. The molecule has 0 radical (unpaired) electrons. The maximum atomic E-state index is 12.7. The van der Waals surface area contributed by atoms with Gasteiger partial charge in [-0.25, -0.2) is 0 Å². The van der Waals surface area contributed by atoms with Crippen LogP contribution in [0.1, 0.15) is 259 Å². The Morgan fingerprint density at radius 1 is 0.358 bits per heavy atom. The van der Waals surface area contributed by atoms with Crippen LogP contribution in [0.15, 0.2) is 0 Å². The molecule has 0 bridgehead atoms. The molecule has 0 spiro atoms. The van der Waals surface area contributed by atoms with Crippen LogP contribution in [0.5, 0.6) is 0 Å². The van der Waals surface area contributed by atoms with Crippen LogP contribution < -0.4 is 0 Å². The van der Waals surface area contributed by atoms with Crippen LogP contribution in [0.25, 0.3) is 0 Å². The number of carbonyl (C=O) groups is 3. The van der Waals surface area contributed by atoms with Crippen molar-refractivity contribution in [1.29, 1.82) is 0 Å². The molecule has 6 heteroatoms. The van der Waals surface area contributed by atoms with Gasteiger partial charge in [-0.1, -0.05) is 220 Å². The number of ether oxygens (including phenoxy) is 3. The molecule has 0 aliphatic rings. The number of unbranched alkanes of at least 4 members (excludes halogenated alkanes) is 29. The summed E-state index contributed by atoms with van der Waals surface area (Å²) in [5.41, 5.74) is 0. The fraction of sp³-hybridized carbons (Fsp3) is 0.936. The van der Waals surface area contributed by atoms with E-state index in [2.05, 4.69) is 27.7 Å². The Morgan fingerprint density at radius 3 is 0.925 bits per heavy atom. The molecule has 1 atom stereocenters. The van der Waals surface area contributed by atoms with Crippen LogP contribution in [0, 0.1) is 5.92 Å². The largest absolute Gasteiger partial charge is 0.462 e. The lowest BCUT2D eigenvalue weighted by molar-refractivity contribution is -0.167. The van der Waals surface area contributed by atoms with Gasteiger partial charge in [0.05, 0.1) is 0 Å². The van der Waals surface area contributed by atoms with E-state index >= 15 is 0 Å². The Labute approximate surface area is 329 Å². The van der Waals surface area contributed by atoms with Gasteiger partial charge in [-0.3, -0.25) is 14.4 Å². The first-order valence-corrected chi connectivity index (χ1v) is 23.4. The predicted molar refractivity (Wildman–Crippen MR) is 224 cm³/mol. The number of rotatable bonds is 42. The summed E-state index contributed by atoms with van der Waals surface area (Å²) in [7, 11) is 0. The third kappa shape index (κ3) is 41.4. The van der Waals surface area contributed by atoms with E-state index in [0.717, 1.165) is 63.7 Å². The summed E-state index contributed by atoms with van der Waals surface area (Å²) >= 11 is 0. The zero-order valence-corrected chi connectivity index (χ0v) is 36.0. The molecule has 0 heterocycles. The zero-order valence-electron chi connectivity index (χ0n) is 36.0. The summed E-state index contributed by atoms with van der Waals surface area (Å²) in [4.78, 5) is 37.7. The Kier molecular flexibility index (Phi) is 40.3. The normalized spacial score (nSPS) is 11.9. The van der Waals surface area contributed by atoms with E-state index in [9.17, 15) is 14.4 Å². The minimum Gasteiger partial charge on any atom is -0.462 e. The highest BCUT2D eigenvalue weighted by Crippen LogP contribution is 2.16. The fourth-order valence-electron chi connectivity index (χ4n) is 6.98. The van der Waals surface area contributed by atoms with Gasteiger partial charge in [0.25, 0.3) is 0 Å². The average molecular weight is 751 g/mol. The monoisotopic (exact) mass is 751 g/mol. The molecule has 6 nitrogen and oxygen atoms in total. The van der Waals surface area contributed by atoms with Crippen molar-refractivity contribution in [1.82, 2.24) is 0 Å². The molecule has 0 amide bonds. The van der Waals surface area contributed by atoms with Crippen LogP contribution in [0.2, 0.25) is 0 Å². The van der Waals surface area contributed by atoms with Crippen LogP contribution in [0.4, 0.5) is 0 Å². The first-order valence-electron chi connectivity index (χ1n) is 23.4. The van der Waals surface area contributed by atoms with Crippen molar-refractivity contribution in [2.24, 2.45) is 5.92 Å². The third-order valence-electron chi connectivity index (χ3n) is 10.5. The minimum absolute atomic E-state index is 0.0642. The van der Waals surface area contributed by atoms with Gasteiger partial charge >= 0.3 is 17.9 Å². The summed E-state index contributed by atoms with van der Waals surface area (Å²) < 4.78 is 16.7. The van der Waals surface area contributed by atoms with Crippen LogP contribution >= 0.6 is 0 Å². The molecule has 0 aromatic carbocycles. The van der Waals surface area contributed by atoms with E-state index in [1.807, 2.05) is 0 Å². The van der Waals surface area contributed by atoms with Crippen molar-refractivity contribution in [3.63, 3.8) is 0 Å². The Bertz CT molecular complexity index is 796. The summed E-state index contributed by atoms with van der Waals surface area (Å²) in [6.45, 7) is 8.95. The third-order valence-corrected chi connectivity index (χ3v) is 10.5. The maximum Gasteiger partial charge on any atom is 0.306 e. The second-order valence-corrected chi connectivity index (χ2v) is 16.5. The van der Waals surface area contributed by atoms with Gasteiger partial charge in [0.15, 0.2) is 6.10 Å². The van der Waals surface area contributed by atoms with Crippen LogP contribution in [0.3, 0.4) is 0 Å². The Balaban J connectivity index is 4.30. The summed E-state index contributed by atoms with van der Waals surface area (Å²) in [5, 5.41) is 0. The SMILES string of the molecule is CCCCCCCCCCCCCCCCC(=O)OC[C@@H](COC(=O)CCCCCCCCCCCCC)OC(=O)CCCCCCCCCC(C)C. The maximum absolute atomic E-state index is 12.7. The van der Waals surface area contributed by atoms with Crippen molar-refractivity contribution >= 4 is 17.9 Å². The zero-order chi connectivity index (χ0) is 38.9. The molecule has 0 aliphatic carbocycles. The lowest BCUT2D eigenvalue weighted by Crippen LogP contribution is -2.30. The number of hydrogen-bond acceptors (Lipinski definition) is 6. The van der Waals surface area contributed by atoms with Gasteiger partial charge in [-0.2, -0.15) is 0 Å². The highest BCUT2D eigenvalue weighted by atomic mass is 16.6. The topological polar surface area (TPSA) is 78.9 Å². The standard InChI is InChI=1S/C47H90O6/c1-5-7-9-11-13-15-17-18-19-21-23-27-31-35-39-46(49)52-42-44(53-47(50)40-36-32-28-24-25-29-33-37-43(3)4)41-51-45(48)38-34-30-26-22-20-16-14-12-10-8-6-2/h43-44H,5-42H2,1-4H3/t44-/m1/s1. The van der Waals surface area contributed by atoms with Gasteiger partial charge < -0.3 is 14.2 Å². The Hall–Kier alpha value is -1.59. The fourth-order valence-corrected chi connectivity index (χ4v) is 6.98. The smallest absolute Gasteiger partial charge is 0.306 e. The number of esters is 3.